The number of nitro benzene ring substituents is 1. The van der Waals surface area contributed by atoms with E-state index < -0.39 is 16.9 Å². The highest BCUT2D eigenvalue weighted by molar-refractivity contribution is 7.07. The molecule has 12 heteroatoms. The topological polar surface area (TPSA) is 131 Å². The second kappa shape index (κ2) is 13.8. The molecule has 2 heterocycles. The molecule has 3 aromatic carbocycles. The first kappa shape index (κ1) is 32.2. The SMILES string of the molecule is CCOC(=O)C1=C(C)N=c2s/c(=C/c3cccc(OCc4ccc([N+](=O)[O-])cc4)c3)c(=O)n2[C@@H]1c1ccc(OC(C)C)c(OC)c1. The molecule has 1 aromatic heterocycles. The van der Waals surface area contributed by atoms with Gasteiger partial charge in [0.05, 0.1) is 46.6 Å². The Morgan fingerprint density at radius 1 is 1.11 bits per heavy atom. The Labute approximate surface area is 268 Å². The van der Waals surface area contributed by atoms with Gasteiger partial charge in [0.25, 0.3) is 11.2 Å². The molecule has 238 valence electrons. The predicted octanol–water partition coefficient (Wildman–Crippen LogP) is 5.08. The van der Waals surface area contributed by atoms with Crippen molar-refractivity contribution >= 4 is 29.1 Å². The largest absolute Gasteiger partial charge is 0.493 e. The summed E-state index contributed by atoms with van der Waals surface area (Å²) < 4.78 is 24.8. The van der Waals surface area contributed by atoms with Gasteiger partial charge < -0.3 is 18.9 Å². The zero-order chi connectivity index (χ0) is 33.0. The van der Waals surface area contributed by atoms with E-state index in [2.05, 4.69) is 4.99 Å². The number of allylic oxidation sites excluding steroid dienone is 1. The number of thiazole rings is 1. The van der Waals surface area contributed by atoms with Gasteiger partial charge in [0.1, 0.15) is 12.4 Å². The minimum absolute atomic E-state index is 0.00955. The Morgan fingerprint density at radius 2 is 1.87 bits per heavy atom. The van der Waals surface area contributed by atoms with Gasteiger partial charge in [-0.3, -0.25) is 19.5 Å². The average molecular weight is 644 g/mol. The fourth-order valence-electron chi connectivity index (χ4n) is 5.04. The Balaban J connectivity index is 1.53. The first-order valence-electron chi connectivity index (χ1n) is 14.6. The summed E-state index contributed by atoms with van der Waals surface area (Å²) in [4.78, 5) is 42.9. The van der Waals surface area contributed by atoms with Crippen molar-refractivity contribution in [2.45, 2.75) is 46.4 Å². The smallest absolute Gasteiger partial charge is 0.338 e. The van der Waals surface area contributed by atoms with Crippen LogP contribution in [-0.2, 0) is 16.1 Å². The standard InChI is InChI=1S/C34H33N3O8S/c1-6-43-33(39)30-21(4)35-34-36(31(30)24-12-15-27(45-20(2)3)28(18-24)42-5)32(38)29(46-34)17-23-8-7-9-26(16-23)44-19-22-10-13-25(14-11-22)37(40)41/h7-18,20,31H,6,19H2,1-5H3/b29-17+/t31-/m1/s1. The molecule has 11 nitrogen and oxygen atoms in total. The number of carbonyl (C=O) groups is 1. The van der Waals surface area contributed by atoms with Gasteiger partial charge in [0.15, 0.2) is 16.3 Å². The number of fused-ring (bicyclic) bond motifs is 1. The van der Waals surface area contributed by atoms with Gasteiger partial charge in [-0.2, -0.15) is 0 Å². The van der Waals surface area contributed by atoms with Crippen molar-refractivity contribution < 1.29 is 28.7 Å². The van der Waals surface area contributed by atoms with Crippen LogP contribution in [0, 0.1) is 10.1 Å². The molecular weight excluding hydrogens is 610 g/mol. The number of benzene rings is 3. The van der Waals surface area contributed by atoms with Crippen molar-refractivity contribution in [1.82, 2.24) is 4.57 Å². The van der Waals surface area contributed by atoms with Gasteiger partial charge >= 0.3 is 5.97 Å². The van der Waals surface area contributed by atoms with Crippen molar-refractivity contribution in [3.05, 3.63) is 124 Å². The first-order valence-corrected chi connectivity index (χ1v) is 15.4. The highest BCUT2D eigenvalue weighted by Crippen LogP contribution is 2.36. The van der Waals surface area contributed by atoms with Crippen molar-refractivity contribution in [3.63, 3.8) is 0 Å². The summed E-state index contributed by atoms with van der Waals surface area (Å²) in [5.74, 6) is 1.02. The molecule has 0 spiro atoms. The van der Waals surface area contributed by atoms with Crippen LogP contribution >= 0.6 is 11.3 Å². The number of esters is 1. The molecule has 0 unspecified atom stereocenters. The van der Waals surface area contributed by atoms with E-state index in [1.807, 2.05) is 32.0 Å². The third-order valence-electron chi connectivity index (χ3n) is 7.09. The van der Waals surface area contributed by atoms with Crippen LogP contribution < -0.4 is 29.1 Å². The molecule has 5 rings (SSSR count). The van der Waals surface area contributed by atoms with Crippen molar-refractivity contribution in [3.8, 4) is 17.2 Å². The number of nitrogens with zero attached hydrogens (tertiary/aromatic N) is 3. The van der Waals surface area contributed by atoms with E-state index in [0.717, 1.165) is 11.1 Å². The number of ether oxygens (including phenoxy) is 4. The minimum Gasteiger partial charge on any atom is -0.493 e. The van der Waals surface area contributed by atoms with Crippen LogP contribution in [0.4, 0.5) is 5.69 Å². The zero-order valence-electron chi connectivity index (χ0n) is 26.0. The molecule has 46 heavy (non-hydrogen) atoms. The molecule has 0 radical (unpaired) electrons. The summed E-state index contributed by atoms with van der Waals surface area (Å²) in [6.07, 6.45) is 1.67. The lowest BCUT2D eigenvalue weighted by Gasteiger charge is -2.25. The van der Waals surface area contributed by atoms with E-state index in [1.54, 1.807) is 56.3 Å². The average Bonchev–Trinajstić information content (AvgIpc) is 3.33. The van der Waals surface area contributed by atoms with E-state index in [-0.39, 0.29) is 36.1 Å². The Morgan fingerprint density at radius 3 is 2.54 bits per heavy atom. The quantitative estimate of drug-likeness (QED) is 0.126. The molecule has 0 bridgehead atoms. The van der Waals surface area contributed by atoms with E-state index >= 15 is 0 Å². The van der Waals surface area contributed by atoms with E-state index in [0.29, 0.717) is 37.8 Å². The molecule has 0 saturated heterocycles. The van der Waals surface area contributed by atoms with Crippen LogP contribution in [0.25, 0.3) is 6.08 Å². The van der Waals surface area contributed by atoms with E-state index in [4.69, 9.17) is 18.9 Å². The molecular formula is C34H33N3O8S. The number of carbonyl (C=O) groups excluding carboxylic acids is 1. The maximum Gasteiger partial charge on any atom is 0.338 e. The molecule has 1 aliphatic heterocycles. The normalized spacial score (nSPS) is 14.5. The molecule has 1 aliphatic rings. The van der Waals surface area contributed by atoms with Crippen LogP contribution in [0.15, 0.2) is 87.8 Å². The molecule has 0 saturated carbocycles. The molecule has 4 aromatic rings. The molecule has 0 amide bonds. The van der Waals surface area contributed by atoms with E-state index in [9.17, 15) is 19.7 Å². The maximum absolute atomic E-state index is 14.0. The number of aromatic nitrogens is 1. The van der Waals surface area contributed by atoms with Gasteiger partial charge in [0.2, 0.25) is 0 Å². The number of nitro groups is 1. The Hall–Kier alpha value is -5.23. The lowest BCUT2D eigenvalue weighted by Crippen LogP contribution is -2.40. The molecule has 0 aliphatic carbocycles. The van der Waals surface area contributed by atoms with Crippen LogP contribution in [0.5, 0.6) is 17.2 Å². The predicted molar refractivity (Wildman–Crippen MR) is 173 cm³/mol. The number of hydrogen-bond acceptors (Lipinski definition) is 10. The third kappa shape index (κ3) is 6.86. The van der Waals surface area contributed by atoms with Crippen LogP contribution in [0.2, 0.25) is 0 Å². The zero-order valence-corrected chi connectivity index (χ0v) is 26.8. The second-order valence-corrected chi connectivity index (χ2v) is 11.7. The molecule has 0 fully saturated rings. The summed E-state index contributed by atoms with van der Waals surface area (Å²) in [7, 11) is 1.54. The first-order chi connectivity index (χ1) is 22.1. The highest BCUT2D eigenvalue weighted by Gasteiger charge is 2.34. The number of methoxy groups -OCH3 is 1. The van der Waals surface area contributed by atoms with Crippen molar-refractivity contribution in [2.75, 3.05) is 13.7 Å². The molecule has 1 atom stereocenters. The fourth-order valence-corrected chi connectivity index (χ4v) is 6.09. The van der Waals surface area contributed by atoms with Crippen molar-refractivity contribution in [1.29, 1.82) is 0 Å². The fraction of sp³-hybridized carbons (Fsp3) is 0.265. The summed E-state index contributed by atoms with van der Waals surface area (Å²) in [5.41, 5.74) is 2.55. The van der Waals surface area contributed by atoms with Gasteiger partial charge in [-0.05, 0) is 86.9 Å². The minimum atomic E-state index is -0.809. The van der Waals surface area contributed by atoms with Gasteiger partial charge in [-0.25, -0.2) is 9.79 Å². The van der Waals surface area contributed by atoms with Gasteiger partial charge in [-0.1, -0.05) is 29.5 Å². The Bertz CT molecular complexity index is 1990. The van der Waals surface area contributed by atoms with Gasteiger partial charge in [-0.15, -0.1) is 0 Å². The van der Waals surface area contributed by atoms with Crippen LogP contribution in [-0.4, -0.2) is 35.3 Å². The van der Waals surface area contributed by atoms with Gasteiger partial charge in [0, 0.05) is 12.1 Å². The highest BCUT2D eigenvalue weighted by atomic mass is 32.1. The molecule has 0 N–H and O–H groups in total. The lowest BCUT2D eigenvalue weighted by molar-refractivity contribution is -0.384. The van der Waals surface area contributed by atoms with Crippen molar-refractivity contribution in [2.24, 2.45) is 4.99 Å². The number of hydrogen-bond donors (Lipinski definition) is 0. The van der Waals surface area contributed by atoms with E-state index in [1.165, 1.54) is 35.1 Å². The maximum atomic E-state index is 14.0. The lowest BCUT2D eigenvalue weighted by atomic mass is 9.95. The van der Waals surface area contributed by atoms with Crippen LogP contribution in [0.1, 0.15) is 50.4 Å². The van der Waals surface area contributed by atoms with Crippen LogP contribution in [0.3, 0.4) is 0 Å². The second-order valence-electron chi connectivity index (χ2n) is 10.7. The number of rotatable bonds is 11. The third-order valence-corrected chi connectivity index (χ3v) is 8.07. The Kier molecular flexibility index (Phi) is 9.67. The summed E-state index contributed by atoms with van der Waals surface area (Å²) in [6, 6.07) is 17.9. The number of non-ortho nitro benzene ring substituents is 1. The summed E-state index contributed by atoms with van der Waals surface area (Å²) in [6.45, 7) is 7.66. The monoisotopic (exact) mass is 643 g/mol. The summed E-state index contributed by atoms with van der Waals surface area (Å²) >= 11 is 1.22. The summed E-state index contributed by atoms with van der Waals surface area (Å²) in [5, 5.41) is 10.9.